The molecule has 0 atom stereocenters. The second-order valence-corrected chi connectivity index (χ2v) is 7.26. The fraction of sp³-hybridized carbons (Fsp3) is 0.368. The molecule has 2 amide bonds. The van der Waals surface area contributed by atoms with Crippen molar-refractivity contribution in [3.8, 4) is 0 Å². The largest absolute Gasteiger partial charge is 0.416 e. The Morgan fingerprint density at radius 2 is 1.82 bits per heavy atom. The summed E-state index contributed by atoms with van der Waals surface area (Å²) in [6.07, 6.45) is -4.48. The number of rotatable bonds is 5. The van der Waals surface area contributed by atoms with Crippen LogP contribution in [0.2, 0.25) is 0 Å². The lowest BCUT2D eigenvalue weighted by atomic mass is 10.1. The first-order valence-electron chi connectivity index (χ1n) is 8.84. The molecule has 1 fully saturated rings. The Labute approximate surface area is 164 Å². The quantitative estimate of drug-likeness (QED) is 0.823. The number of hydrogen-bond donors (Lipinski definition) is 1. The summed E-state index contributed by atoms with van der Waals surface area (Å²) < 4.78 is 38.2. The highest BCUT2D eigenvalue weighted by molar-refractivity contribution is 7.08. The van der Waals surface area contributed by atoms with Gasteiger partial charge in [0.05, 0.1) is 11.1 Å². The van der Waals surface area contributed by atoms with E-state index < -0.39 is 17.6 Å². The summed E-state index contributed by atoms with van der Waals surface area (Å²) in [7, 11) is 0. The fourth-order valence-corrected chi connectivity index (χ4v) is 3.64. The predicted octanol–water partition coefficient (Wildman–Crippen LogP) is 2.95. The van der Waals surface area contributed by atoms with Gasteiger partial charge in [-0.3, -0.25) is 14.5 Å². The summed E-state index contributed by atoms with van der Waals surface area (Å²) in [5, 5.41) is 6.36. The fourth-order valence-electron chi connectivity index (χ4n) is 3.01. The number of carbonyl (C=O) groups is 2. The van der Waals surface area contributed by atoms with Gasteiger partial charge in [-0.05, 0) is 29.6 Å². The zero-order chi connectivity index (χ0) is 20.1. The molecule has 0 spiro atoms. The van der Waals surface area contributed by atoms with Crippen molar-refractivity contribution < 1.29 is 22.8 Å². The summed E-state index contributed by atoms with van der Waals surface area (Å²) in [4.78, 5) is 28.3. The van der Waals surface area contributed by atoms with Gasteiger partial charge in [0, 0.05) is 50.2 Å². The molecule has 28 heavy (non-hydrogen) atoms. The van der Waals surface area contributed by atoms with Crippen molar-refractivity contribution in [2.24, 2.45) is 0 Å². The number of nitrogens with one attached hydrogen (secondary N) is 1. The number of piperazine rings is 1. The molecule has 0 unspecified atom stereocenters. The van der Waals surface area contributed by atoms with Crippen molar-refractivity contribution in [1.29, 1.82) is 0 Å². The lowest BCUT2D eigenvalue weighted by molar-refractivity contribution is -0.137. The van der Waals surface area contributed by atoms with Gasteiger partial charge in [-0.15, -0.1) is 0 Å². The highest BCUT2D eigenvalue weighted by Crippen LogP contribution is 2.29. The van der Waals surface area contributed by atoms with E-state index in [4.69, 9.17) is 0 Å². The summed E-state index contributed by atoms with van der Waals surface area (Å²) in [5.74, 6) is -0.504. The van der Waals surface area contributed by atoms with Crippen LogP contribution in [-0.4, -0.2) is 60.9 Å². The molecule has 1 aromatic heterocycles. The maximum atomic E-state index is 12.7. The number of nitrogens with zero attached hydrogens (tertiary/aromatic N) is 2. The van der Waals surface area contributed by atoms with E-state index in [1.165, 1.54) is 23.5 Å². The summed E-state index contributed by atoms with van der Waals surface area (Å²) in [6, 6.07) is 6.18. The van der Waals surface area contributed by atoms with Gasteiger partial charge in [-0.1, -0.05) is 6.07 Å². The summed E-state index contributed by atoms with van der Waals surface area (Å²) >= 11 is 1.49. The zero-order valence-electron chi connectivity index (χ0n) is 15.0. The molecule has 2 heterocycles. The Bertz CT molecular complexity index is 816. The SMILES string of the molecule is O=C(NCCN1CCN(C(=O)c2ccsc2)CC1)c1cccc(C(F)(F)F)c1. The van der Waals surface area contributed by atoms with E-state index in [-0.39, 0.29) is 11.5 Å². The highest BCUT2D eigenvalue weighted by Gasteiger charge is 2.31. The lowest BCUT2D eigenvalue weighted by Crippen LogP contribution is -2.50. The number of hydrogen-bond acceptors (Lipinski definition) is 4. The van der Waals surface area contributed by atoms with Gasteiger partial charge in [-0.25, -0.2) is 0 Å². The Morgan fingerprint density at radius 3 is 2.46 bits per heavy atom. The molecule has 1 N–H and O–H groups in total. The van der Waals surface area contributed by atoms with Gasteiger partial charge in [0.1, 0.15) is 0 Å². The lowest BCUT2D eigenvalue weighted by Gasteiger charge is -2.34. The van der Waals surface area contributed by atoms with Crippen LogP contribution >= 0.6 is 11.3 Å². The molecule has 5 nitrogen and oxygen atoms in total. The number of thiophene rings is 1. The van der Waals surface area contributed by atoms with Crippen molar-refractivity contribution >= 4 is 23.2 Å². The van der Waals surface area contributed by atoms with Crippen LogP contribution < -0.4 is 5.32 Å². The standard InChI is InChI=1S/C19H20F3N3O2S/c20-19(21,22)16-3-1-2-14(12-16)17(26)23-5-6-24-7-9-25(10-8-24)18(27)15-4-11-28-13-15/h1-4,11-13H,5-10H2,(H,23,26). The van der Waals surface area contributed by atoms with Crippen LogP contribution in [-0.2, 0) is 6.18 Å². The van der Waals surface area contributed by atoms with Gasteiger partial charge in [0.25, 0.3) is 11.8 Å². The molecule has 3 rings (SSSR count). The molecule has 0 saturated carbocycles. The molecule has 150 valence electrons. The van der Waals surface area contributed by atoms with Crippen LogP contribution in [0.3, 0.4) is 0 Å². The average Bonchev–Trinajstić information content (AvgIpc) is 3.22. The first kappa shape index (κ1) is 20.3. The molecular weight excluding hydrogens is 391 g/mol. The van der Waals surface area contributed by atoms with Crippen LogP contribution in [0.25, 0.3) is 0 Å². The van der Waals surface area contributed by atoms with E-state index in [1.807, 2.05) is 16.8 Å². The molecule has 0 radical (unpaired) electrons. The van der Waals surface area contributed by atoms with E-state index in [2.05, 4.69) is 10.2 Å². The van der Waals surface area contributed by atoms with E-state index in [9.17, 15) is 22.8 Å². The molecule has 1 aliphatic heterocycles. The third-order valence-electron chi connectivity index (χ3n) is 4.59. The Morgan fingerprint density at radius 1 is 1.07 bits per heavy atom. The first-order chi connectivity index (χ1) is 13.3. The Hall–Kier alpha value is -2.39. The Kier molecular flexibility index (Phi) is 6.35. The van der Waals surface area contributed by atoms with Gasteiger partial charge < -0.3 is 10.2 Å². The van der Waals surface area contributed by atoms with E-state index in [0.717, 1.165) is 12.1 Å². The van der Waals surface area contributed by atoms with Gasteiger partial charge in [0.2, 0.25) is 0 Å². The molecule has 1 aliphatic rings. The Balaban J connectivity index is 1.42. The monoisotopic (exact) mass is 411 g/mol. The van der Waals surface area contributed by atoms with Gasteiger partial charge in [-0.2, -0.15) is 24.5 Å². The molecule has 1 saturated heterocycles. The highest BCUT2D eigenvalue weighted by atomic mass is 32.1. The maximum absolute atomic E-state index is 12.7. The zero-order valence-corrected chi connectivity index (χ0v) is 15.9. The third-order valence-corrected chi connectivity index (χ3v) is 5.28. The maximum Gasteiger partial charge on any atom is 0.416 e. The topological polar surface area (TPSA) is 52.7 Å². The second-order valence-electron chi connectivity index (χ2n) is 6.48. The second kappa shape index (κ2) is 8.74. The molecule has 1 aromatic carbocycles. The molecule has 2 aromatic rings. The number of amides is 2. The van der Waals surface area contributed by atoms with Crippen molar-refractivity contribution in [3.05, 3.63) is 57.8 Å². The van der Waals surface area contributed by atoms with Crippen LogP contribution in [0.4, 0.5) is 13.2 Å². The van der Waals surface area contributed by atoms with Gasteiger partial charge in [0.15, 0.2) is 0 Å². The smallest absolute Gasteiger partial charge is 0.351 e. The summed E-state index contributed by atoms with van der Waals surface area (Å²) in [5.41, 5.74) is -0.153. The van der Waals surface area contributed by atoms with Crippen LogP contribution in [0, 0.1) is 0 Å². The van der Waals surface area contributed by atoms with Crippen molar-refractivity contribution in [3.63, 3.8) is 0 Å². The van der Waals surface area contributed by atoms with E-state index >= 15 is 0 Å². The average molecular weight is 411 g/mol. The normalized spacial score (nSPS) is 15.5. The van der Waals surface area contributed by atoms with Crippen LogP contribution in [0.1, 0.15) is 26.3 Å². The summed E-state index contributed by atoms with van der Waals surface area (Å²) in [6.45, 7) is 3.50. The minimum Gasteiger partial charge on any atom is -0.351 e. The van der Waals surface area contributed by atoms with E-state index in [0.29, 0.717) is 44.8 Å². The van der Waals surface area contributed by atoms with Gasteiger partial charge >= 0.3 is 6.18 Å². The first-order valence-corrected chi connectivity index (χ1v) is 9.78. The number of carbonyl (C=O) groups excluding carboxylic acids is 2. The van der Waals surface area contributed by atoms with Crippen molar-refractivity contribution in [1.82, 2.24) is 15.1 Å². The molecular formula is C19H20F3N3O2S. The van der Waals surface area contributed by atoms with Crippen LogP contribution in [0.5, 0.6) is 0 Å². The minimum absolute atomic E-state index is 0.0130. The van der Waals surface area contributed by atoms with Crippen molar-refractivity contribution in [2.45, 2.75) is 6.18 Å². The number of halogens is 3. The van der Waals surface area contributed by atoms with Crippen LogP contribution in [0.15, 0.2) is 41.1 Å². The molecule has 0 bridgehead atoms. The predicted molar refractivity (Wildman–Crippen MR) is 100 cm³/mol. The number of benzene rings is 1. The molecule has 0 aliphatic carbocycles. The van der Waals surface area contributed by atoms with Crippen molar-refractivity contribution in [2.75, 3.05) is 39.3 Å². The number of alkyl halides is 3. The minimum atomic E-state index is -4.48. The van der Waals surface area contributed by atoms with E-state index in [1.54, 1.807) is 4.90 Å². The molecule has 9 heteroatoms. The third kappa shape index (κ3) is 5.11.